The highest BCUT2D eigenvalue weighted by Gasteiger charge is 2.23. The van der Waals surface area contributed by atoms with Gasteiger partial charge in [-0.1, -0.05) is 18.2 Å². The number of rotatable bonds is 4. The number of fused-ring (bicyclic) bond motifs is 1. The summed E-state index contributed by atoms with van der Waals surface area (Å²) in [5, 5.41) is 11.1. The average Bonchev–Trinajstić information content (AvgIpc) is 3.38. The molecule has 5 heteroatoms. The van der Waals surface area contributed by atoms with E-state index >= 15 is 0 Å². The van der Waals surface area contributed by atoms with Crippen LogP contribution in [0.3, 0.4) is 0 Å². The molecule has 2 aromatic heterocycles. The van der Waals surface area contributed by atoms with Crippen LogP contribution in [0.25, 0.3) is 10.9 Å². The summed E-state index contributed by atoms with van der Waals surface area (Å²) in [6.45, 7) is 2.08. The van der Waals surface area contributed by atoms with Crippen LogP contribution in [0.2, 0.25) is 0 Å². The van der Waals surface area contributed by atoms with Crippen molar-refractivity contribution in [3.05, 3.63) is 84.2 Å². The van der Waals surface area contributed by atoms with E-state index in [1.54, 1.807) is 6.21 Å². The van der Waals surface area contributed by atoms with Gasteiger partial charge in [-0.15, -0.1) is 0 Å². The number of aromatic hydroxyl groups is 1. The standard InChI is InChI=1S/C24H22N4O/c29-24-22(21-3-1-2-4-23(21)27-24)15-26-19-5-7-20(8-6-19)28-14-11-18(16-28)17-9-12-25-13-10-17/h1-10,12-13,15,18,27,29H,11,14,16H2. The minimum absolute atomic E-state index is 0.144. The van der Waals surface area contributed by atoms with Crippen molar-refractivity contribution in [2.75, 3.05) is 18.0 Å². The second-order valence-corrected chi connectivity index (χ2v) is 7.42. The molecule has 0 spiro atoms. The van der Waals surface area contributed by atoms with Crippen molar-refractivity contribution in [3.63, 3.8) is 0 Å². The van der Waals surface area contributed by atoms with Gasteiger partial charge in [0.25, 0.3) is 0 Å². The lowest BCUT2D eigenvalue weighted by molar-refractivity contribution is 0.457. The third kappa shape index (κ3) is 3.47. The van der Waals surface area contributed by atoms with Gasteiger partial charge in [0.15, 0.2) is 5.88 Å². The Hall–Kier alpha value is -3.60. The van der Waals surface area contributed by atoms with Crippen LogP contribution in [0, 0.1) is 0 Å². The third-order valence-corrected chi connectivity index (χ3v) is 5.65. The van der Waals surface area contributed by atoms with Crippen LogP contribution >= 0.6 is 0 Å². The average molecular weight is 382 g/mol. The molecular formula is C24H22N4O. The molecule has 0 bridgehead atoms. The number of aromatic amines is 1. The number of para-hydroxylation sites is 1. The molecule has 29 heavy (non-hydrogen) atoms. The summed E-state index contributed by atoms with van der Waals surface area (Å²) in [6, 6.07) is 20.3. The summed E-state index contributed by atoms with van der Waals surface area (Å²) < 4.78 is 0. The minimum Gasteiger partial charge on any atom is -0.494 e. The summed E-state index contributed by atoms with van der Waals surface area (Å²) in [4.78, 5) is 14.1. The number of nitrogens with one attached hydrogen (secondary N) is 1. The van der Waals surface area contributed by atoms with E-state index in [4.69, 9.17) is 0 Å². The Kier molecular flexibility index (Phi) is 4.48. The van der Waals surface area contributed by atoms with Crippen LogP contribution in [-0.2, 0) is 0 Å². The van der Waals surface area contributed by atoms with Gasteiger partial charge in [0.2, 0.25) is 0 Å². The molecule has 1 unspecified atom stereocenters. The second-order valence-electron chi connectivity index (χ2n) is 7.42. The maximum Gasteiger partial charge on any atom is 0.198 e. The van der Waals surface area contributed by atoms with Crippen molar-refractivity contribution < 1.29 is 5.11 Å². The molecule has 1 atom stereocenters. The molecule has 0 aliphatic carbocycles. The van der Waals surface area contributed by atoms with Crippen molar-refractivity contribution >= 4 is 28.5 Å². The first kappa shape index (κ1) is 17.5. The number of H-pyrrole nitrogens is 1. The van der Waals surface area contributed by atoms with Gasteiger partial charge in [0.1, 0.15) is 0 Å². The van der Waals surface area contributed by atoms with Crippen LogP contribution in [-0.4, -0.2) is 34.4 Å². The largest absolute Gasteiger partial charge is 0.494 e. The lowest BCUT2D eigenvalue weighted by Gasteiger charge is -2.19. The smallest absolute Gasteiger partial charge is 0.198 e. The van der Waals surface area contributed by atoms with Crippen molar-refractivity contribution in [1.82, 2.24) is 9.97 Å². The van der Waals surface area contributed by atoms with Gasteiger partial charge in [-0.05, 0) is 54.4 Å². The molecular weight excluding hydrogens is 360 g/mol. The maximum atomic E-state index is 10.2. The van der Waals surface area contributed by atoms with Crippen molar-refractivity contribution in [2.24, 2.45) is 4.99 Å². The molecule has 4 aromatic rings. The highest BCUT2D eigenvalue weighted by Crippen LogP contribution is 2.31. The van der Waals surface area contributed by atoms with Crippen molar-refractivity contribution in [3.8, 4) is 5.88 Å². The number of aromatic nitrogens is 2. The molecule has 0 radical (unpaired) electrons. The Morgan fingerprint density at radius 2 is 1.83 bits per heavy atom. The van der Waals surface area contributed by atoms with Gasteiger partial charge in [0, 0.05) is 54.2 Å². The topological polar surface area (TPSA) is 64.5 Å². The first-order valence-electron chi connectivity index (χ1n) is 9.86. The normalized spacial score (nSPS) is 16.8. The predicted molar refractivity (Wildman–Crippen MR) is 117 cm³/mol. The van der Waals surface area contributed by atoms with Gasteiger partial charge < -0.3 is 15.0 Å². The Morgan fingerprint density at radius 3 is 2.66 bits per heavy atom. The zero-order chi connectivity index (χ0) is 19.6. The number of nitrogens with zero attached hydrogens (tertiary/aromatic N) is 3. The van der Waals surface area contributed by atoms with Gasteiger partial charge in [-0.2, -0.15) is 0 Å². The van der Waals surface area contributed by atoms with E-state index in [9.17, 15) is 5.11 Å². The molecule has 0 saturated carbocycles. The fourth-order valence-corrected chi connectivity index (χ4v) is 4.07. The Balaban J connectivity index is 1.31. The molecule has 2 aromatic carbocycles. The quantitative estimate of drug-likeness (QED) is 0.488. The molecule has 1 aliphatic rings. The van der Waals surface area contributed by atoms with E-state index < -0.39 is 0 Å². The van der Waals surface area contributed by atoms with Crippen molar-refractivity contribution in [2.45, 2.75) is 12.3 Å². The molecule has 1 aliphatic heterocycles. The highest BCUT2D eigenvalue weighted by atomic mass is 16.3. The number of benzene rings is 2. The molecule has 1 fully saturated rings. The third-order valence-electron chi connectivity index (χ3n) is 5.65. The summed E-state index contributed by atoms with van der Waals surface area (Å²) in [6.07, 6.45) is 6.62. The lowest BCUT2D eigenvalue weighted by atomic mass is 10.00. The molecule has 1 saturated heterocycles. The summed E-state index contributed by atoms with van der Waals surface area (Å²) in [7, 11) is 0. The molecule has 5 nitrogen and oxygen atoms in total. The molecule has 0 amide bonds. The van der Waals surface area contributed by atoms with Crippen LogP contribution in [0.4, 0.5) is 11.4 Å². The molecule has 3 heterocycles. The first-order chi connectivity index (χ1) is 14.3. The molecule has 2 N–H and O–H groups in total. The van der Waals surface area contributed by atoms with Gasteiger partial charge in [0.05, 0.1) is 11.3 Å². The fraction of sp³-hybridized carbons (Fsp3) is 0.167. The Labute approximate surface area is 169 Å². The van der Waals surface area contributed by atoms with Crippen molar-refractivity contribution in [1.29, 1.82) is 0 Å². The van der Waals surface area contributed by atoms with E-state index in [0.717, 1.165) is 36.1 Å². The van der Waals surface area contributed by atoms with E-state index in [1.165, 1.54) is 11.3 Å². The summed E-state index contributed by atoms with van der Waals surface area (Å²) in [5.74, 6) is 0.700. The monoisotopic (exact) mass is 382 g/mol. The van der Waals surface area contributed by atoms with Crippen LogP contribution in [0.5, 0.6) is 5.88 Å². The van der Waals surface area contributed by atoms with Gasteiger partial charge >= 0.3 is 0 Å². The predicted octanol–water partition coefficient (Wildman–Crippen LogP) is 5.01. The van der Waals surface area contributed by atoms with E-state index in [-0.39, 0.29) is 5.88 Å². The number of hydrogen-bond acceptors (Lipinski definition) is 4. The first-order valence-corrected chi connectivity index (χ1v) is 9.86. The Morgan fingerprint density at radius 1 is 1.03 bits per heavy atom. The Bertz CT molecular complexity index is 1150. The number of aliphatic imine (C=N–C) groups is 1. The summed E-state index contributed by atoms with van der Waals surface area (Å²) >= 11 is 0. The SMILES string of the molecule is Oc1[nH]c2ccccc2c1C=Nc1ccc(N2CCC(c3ccncc3)C2)cc1. The fourth-order valence-electron chi connectivity index (χ4n) is 4.07. The second kappa shape index (κ2) is 7.43. The maximum absolute atomic E-state index is 10.2. The van der Waals surface area contributed by atoms with Gasteiger partial charge in [-0.3, -0.25) is 9.98 Å². The van der Waals surface area contributed by atoms with Crippen LogP contribution < -0.4 is 4.90 Å². The molecule has 5 rings (SSSR count). The number of pyridine rings is 1. The van der Waals surface area contributed by atoms with Crippen LogP contribution in [0.1, 0.15) is 23.5 Å². The van der Waals surface area contributed by atoms with Crippen LogP contribution in [0.15, 0.2) is 78.0 Å². The molecule has 144 valence electrons. The zero-order valence-corrected chi connectivity index (χ0v) is 16.0. The summed E-state index contributed by atoms with van der Waals surface area (Å²) in [5.41, 5.74) is 5.06. The zero-order valence-electron chi connectivity index (χ0n) is 16.0. The number of anilines is 1. The minimum atomic E-state index is 0.144. The number of hydrogen-bond donors (Lipinski definition) is 2. The lowest BCUT2D eigenvalue weighted by Crippen LogP contribution is -2.18. The van der Waals surface area contributed by atoms with E-state index in [0.29, 0.717) is 11.5 Å². The van der Waals surface area contributed by atoms with E-state index in [2.05, 4.69) is 44.1 Å². The van der Waals surface area contributed by atoms with E-state index in [1.807, 2.05) is 48.8 Å². The highest BCUT2D eigenvalue weighted by molar-refractivity contribution is 6.02. The van der Waals surface area contributed by atoms with Gasteiger partial charge in [-0.25, -0.2) is 0 Å².